The van der Waals surface area contributed by atoms with Crippen molar-refractivity contribution >= 4 is 23.9 Å². The van der Waals surface area contributed by atoms with Gasteiger partial charge in [-0.05, 0) is 51.5 Å². The van der Waals surface area contributed by atoms with Crippen LogP contribution in [0.4, 0.5) is 0 Å². The molecule has 10 nitrogen and oxygen atoms in total. The van der Waals surface area contributed by atoms with Crippen molar-refractivity contribution in [2.45, 2.75) is 44.1 Å². The van der Waals surface area contributed by atoms with E-state index in [4.69, 9.17) is 9.47 Å². The van der Waals surface area contributed by atoms with Crippen LogP contribution in [0.2, 0.25) is 0 Å². The molecular weight excluding hydrogens is 398 g/mol. The van der Waals surface area contributed by atoms with Crippen molar-refractivity contribution < 1.29 is 14.3 Å². The number of nitrogens with zero attached hydrogens (tertiary/aromatic N) is 2. The summed E-state index contributed by atoms with van der Waals surface area (Å²) in [6.45, 7) is 7.80. The van der Waals surface area contributed by atoms with E-state index < -0.39 is 22.4 Å². The highest BCUT2D eigenvalue weighted by Crippen LogP contribution is 2.29. The quantitative estimate of drug-likeness (QED) is 0.315. The number of hydrogen-bond donors (Lipinski definition) is 3. The average Bonchev–Trinajstić information content (AvgIpc) is 2.65. The zero-order chi connectivity index (χ0) is 21.4. The van der Waals surface area contributed by atoms with E-state index in [1.807, 2.05) is 25.8 Å². The monoisotopic (exact) mass is 421 g/mol. The molecule has 0 saturated heterocycles. The Balaban J connectivity index is 2.00. The Morgan fingerprint density at radius 2 is 2.07 bits per heavy atom. The molecule has 1 atom stereocenters. The van der Waals surface area contributed by atoms with E-state index in [9.17, 15) is 14.4 Å². The first-order valence-electron chi connectivity index (χ1n) is 8.92. The second-order valence-electron chi connectivity index (χ2n) is 6.11. The SMILES string of the molecule is CCOc1cc(/C=N/NC(=O)C(C)Sc2n[nH]c(=O)[nH]c2=O)ccc1OC(C)C. The third-order valence-corrected chi connectivity index (χ3v) is 4.42. The molecule has 0 fully saturated rings. The predicted molar refractivity (Wildman–Crippen MR) is 110 cm³/mol. The number of benzene rings is 1. The number of amides is 1. The molecule has 1 aromatic heterocycles. The molecule has 0 bridgehead atoms. The molecule has 11 heteroatoms. The number of hydrazone groups is 1. The van der Waals surface area contributed by atoms with Gasteiger partial charge < -0.3 is 9.47 Å². The van der Waals surface area contributed by atoms with Gasteiger partial charge in [-0.2, -0.15) is 10.2 Å². The fourth-order valence-corrected chi connectivity index (χ4v) is 2.87. The molecule has 0 saturated carbocycles. The summed E-state index contributed by atoms with van der Waals surface area (Å²) in [6, 6.07) is 5.33. The zero-order valence-corrected chi connectivity index (χ0v) is 17.3. The minimum Gasteiger partial charge on any atom is -0.490 e. The second-order valence-corrected chi connectivity index (χ2v) is 7.44. The molecule has 2 rings (SSSR count). The lowest BCUT2D eigenvalue weighted by Crippen LogP contribution is -2.30. The van der Waals surface area contributed by atoms with Crippen LogP contribution in [0.5, 0.6) is 11.5 Å². The largest absolute Gasteiger partial charge is 0.490 e. The van der Waals surface area contributed by atoms with E-state index in [1.165, 1.54) is 6.21 Å². The lowest BCUT2D eigenvalue weighted by Gasteiger charge is -2.14. The maximum Gasteiger partial charge on any atom is 0.342 e. The van der Waals surface area contributed by atoms with Gasteiger partial charge in [0.2, 0.25) is 0 Å². The third-order valence-electron chi connectivity index (χ3n) is 3.36. The van der Waals surface area contributed by atoms with E-state index in [1.54, 1.807) is 25.1 Å². The Morgan fingerprint density at radius 1 is 1.31 bits per heavy atom. The van der Waals surface area contributed by atoms with Crippen molar-refractivity contribution in [2.75, 3.05) is 6.61 Å². The lowest BCUT2D eigenvalue weighted by molar-refractivity contribution is -0.120. The number of hydrogen-bond acceptors (Lipinski definition) is 8. The molecule has 2 aromatic rings. The van der Waals surface area contributed by atoms with Gasteiger partial charge in [0.15, 0.2) is 16.5 Å². The van der Waals surface area contributed by atoms with Crippen molar-refractivity contribution in [3.8, 4) is 11.5 Å². The summed E-state index contributed by atoms with van der Waals surface area (Å²) in [5.74, 6) is 0.791. The van der Waals surface area contributed by atoms with Crippen LogP contribution in [0, 0.1) is 0 Å². The number of rotatable bonds is 9. The fourth-order valence-electron chi connectivity index (χ4n) is 2.12. The summed E-state index contributed by atoms with van der Waals surface area (Å²) in [4.78, 5) is 36.8. The highest BCUT2D eigenvalue weighted by Gasteiger charge is 2.17. The van der Waals surface area contributed by atoms with Crippen molar-refractivity contribution in [3.63, 3.8) is 0 Å². The fraction of sp³-hybridized carbons (Fsp3) is 0.389. The van der Waals surface area contributed by atoms with Gasteiger partial charge in [0.05, 0.1) is 24.2 Å². The number of carbonyl (C=O) groups is 1. The summed E-state index contributed by atoms with van der Waals surface area (Å²) in [6.07, 6.45) is 1.48. The number of ether oxygens (including phenoxy) is 2. The molecule has 1 amide bonds. The van der Waals surface area contributed by atoms with Gasteiger partial charge in [-0.3, -0.25) is 14.6 Å². The summed E-state index contributed by atoms with van der Waals surface area (Å²) in [5.41, 5.74) is 1.75. The van der Waals surface area contributed by atoms with Crippen LogP contribution in [0.25, 0.3) is 0 Å². The Labute approximate surface area is 171 Å². The van der Waals surface area contributed by atoms with Crippen molar-refractivity contribution in [3.05, 3.63) is 44.6 Å². The molecule has 0 radical (unpaired) electrons. The Morgan fingerprint density at radius 3 is 2.72 bits per heavy atom. The molecule has 3 N–H and O–H groups in total. The van der Waals surface area contributed by atoms with E-state index in [0.717, 1.165) is 11.8 Å². The second kappa shape index (κ2) is 10.5. The average molecular weight is 421 g/mol. The van der Waals surface area contributed by atoms with Gasteiger partial charge in [0, 0.05) is 0 Å². The first-order chi connectivity index (χ1) is 13.8. The smallest absolute Gasteiger partial charge is 0.342 e. The molecule has 0 aliphatic heterocycles. The minimum absolute atomic E-state index is 0.0103. The summed E-state index contributed by atoms with van der Waals surface area (Å²) in [7, 11) is 0. The Kier molecular flexibility index (Phi) is 8.01. The summed E-state index contributed by atoms with van der Waals surface area (Å²) >= 11 is 0.902. The van der Waals surface area contributed by atoms with E-state index >= 15 is 0 Å². The standard InChI is InChI=1S/C18H23N5O5S/c1-5-27-14-8-12(6-7-13(14)28-10(2)3)9-19-21-15(24)11(4)29-17-16(25)20-18(26)23-22-17/h6-11H,5H2,1-4H3,(H,21,24)(H2,20,23,25,26)/b19-9+. The number of H-pyrrole nitrogens is 2. The summed E-state index contributed by atoms with van der Waals surface area (Å²) in [5, 5.41) is 9.00. The molecule has 0 spiro atoms. The van der Waals surface area contributed by atoms with Crippen molar-refractivity contribution in [1.29, 1.82) is 0 Å². The van der Waals surface area contributed by atoms with Crippen molar-refractivity contribution in [2.24, 2.45) is 5.10 Å². The predicted octanol–water partition coefficient (Wildman–Crippen LogP) is 1.27. The maximum atomic E-state index is 12.2. The van der Waals surface area contributed by atoms with Crippen LogP contribution in [-0.2, 0) is 4.79 Å². The van der Waals surface area contributed by atoms with Gasteiger partial charge >= 0.3 is 5.69 Å². The Hall–Kier alpha value is -3.08. The molecule has 0 aliphatic rings. The highest BCUT2D eigenvalue weighted by atomic mass is 32.2. The molecule has 29 heavy (non-hydrogen) atoms. The van der Waals surface area contributed by atoms with Crippen LogP contribution in [0.1, 0.15) is 33.3 Å². The van der Waals surface area contributed by atoms with E-state index in [0.29, 0.717) is 23.7 Å². The van der Waals surface area contributed by atoms with Gasteiger partial charge in [-0.25, -0.2) is 15.3 Å². The zero-order valence-electron chi connectivity index (χ0n) is 16.5. The first kappa shape index (κ1) is 22.2. The third kappa shape index (κ3) is 6.79. The molecule has 1 unspecified atom stereocenters. The normalized spacial score (nSPS) is 12.2. The van der Waals surface area contributed by atoms with Crippen molar-refractivity contribution in [1.82, 2.24) is 20.6 Å². The number of aromatic nitrogens is 3. The number of thioether (sulfide) groups is 1. The Bertz CT molecular complexity index is 985. The van der Waals surface area contributed by atoms with Crippen LogP contribution < -0.4 is 26.1 Å². The molecule has 1 aromatic carbocycles. The molecule has 156 valence electrons. The number of carbonyl (C=O) groups excluding carboxylic acids is 1. The summed E-state index contributed by atoms with van der Waals surface area (Å²) < 4.78 is 11.3. The van der Waals surface area contributed by atoms with Crippen LogP contribution in [0.15, 0.2) is 37.9 Å². The van der Waals surface area contributed by atoms with E-state index in [2.05, 4.69) is 20.7 Å². The van der Waals surface area contributed by atoms with Crippen LogP contribution in [-0.4, -0.2) is 45.3 Å². The van der Waals surface area contributed by atoms with Gasteiger partial charge in [-0.1, -0.05) is 11.8 Å². The van der Waals surface area contributed by atoms with Crippen LogP contribution in [0.3, 0.4) is 0 Å². The molecule has 1 heterocycles. The maximum absolute atomic E-state index is 12.2. The number of nitrogens with one attached hydrogen (secondary N) is 3. The van der Waals surface area contributed by atoms with E-state index in [-0.39, 0.29) is 11.1 Å². The van der Waals surface area contributed by atoms with Gasteiger partial charge in [0.25, 0.3) is 11.5 Å². The molecule has 0 aliphatic carbocycles. The molecular formula is C18H23N5O5S. The number of aromatic amines is 2. The van der Waals surface area contributed by atoms with Crippen LogP contribution >= 0.6 is 11.8 Å². The topological polar surface area (TPSA) is 139 Å². The van der Waals surface area contributed by atoms with Gasteiger partial charge in [0.1, 0.15) is 0 Å². The van der Waals surface area contributed by atoms with Gasteiger partial charge in [-0.15, -0.1) is 0 Å². The minimum atomic E-state index is -0.711. The lowest BCUT2D eigenvalue weighted by atomic mass is 10.2. The first-order valence-corrected chi connectivity index (χ1v) is 9.80. The highest BCUT2D eigenvalue weighted by molar-refractivity contribution is 8.00.